The fraction of sp³-hybridized carbons (Fsp3) is 1.00. The highest BCUT2D eigenvalue weighted by Crippen LogP contribution is 2.70. The van der Waals surface area contributed by atoms with Gasteiger partial charge in [-0.05, 0) is 36.0 Å². The van der Waals surface area contributed by atoms with Crippen LogP contribution in [0.15, 0.2) is 0 Å². The minimum absolute atomic E-state index is 0.0984. The van der Waals surface area contributed by atoms with Crippen LogP contribution < -0.4 is 0 Å². The average Bonchev–Trinajstić information content (AvgIpc) is 2.68. The predicted molar refractivity (Wildman–Crippen MR) is 58.5 cm³/mol. The molecule has 3 aliphatic rings. The van der Waals surface area contributed by atoms with Gasteiger partial charge in [-0.1, -0.05) is 20.8 Å². The van der Waals surface area contributed by atoms with Gasteiger partial charge in [0.05, 0.1) is 12.2 Å². The third kappa shape index (κ3) is 0.980. The second kappa shape index (κ2) is 2.78. The first kappa shape index (κ1) is 10.1. The molecule has 3 fully saturated rings. The molecule has 86 valence electrons. The first-order valence-electron chi connectivity index (χ1n) is 6.24. The Labute approximate surface area is 92.3 Å². The minimum atomic E-state index is 0.0984. The molecular formula is C13H22O2. The number of rotatable bonds is 0. The zero-order valence-corrected chi connectivity index (χ0v) is 10.1. The summed E-state index contributed by atoms with van der Waals surface area (Å²) in [7, 11) is 0. The highest BCUT2D eigenvalue weighted by Gasteiger charge is 2.69. The van der Waals surface area contributed by atoms with Gasteiger partial charge in [0.2, 0.25) is 0 Å². The summed E-state index contributed by atoms with van der Waals surface area (Å²) in [5.74, 6) is 0.862. The van der Waals surface area contributed by atoms with Crippen molar-refractivity contribution in [2.45, 2.75) is 52.1 Å². The van der Waals surface area contributed by atoms with Gasteiger partial charge in [0.25, 0.3) is 0 Å². The van der Waals surface area contributed by atoms with Crippen LogP contribution in [0.5, 0.6) is 0 Å². The zero-order chi connectivity index (χ0) is 10.7. The summed E-state index contributed by atoms with van der Waals surface area (Å²) in [5, 5.41) is 0. The van der Waals surface area contributed by atoms with Crippen LogP contribution in [0.25, 0.3) is 0 Å². The minimum Gasteiger partial charge on any atom is -0.355 e. The van der Waals surface area contributed by atoms with E-state index in [-0.39, 0.29) is 5.60 Å². The molecular weight excluding hydrogens is 188 g/mol. The maximum absolute atomic E-state index is 6.16. The van der Waals surface area contributed by atoms with E-state index >= 15 is 0 Å². The lowest BCUT2D eigenvalue weighted by molar-refractivity contribution is -0.271. The summed E-state index contributed by atoms with van der Waals surface area (Å²) >= 11 is 0. The van der Waals surface area contributed by atoms with Crippen molar-refractivity contribution in [3.05, 3.63) is 0 Å². The largest absolute Gasteiger partial charge is 0.355 e. The Bertz CT molecular complexity index is 272. The summed E-state index contributed by atoms with van der Waals surface area (Å²) in [6, 6.07) is 0. The molecule has 0 N–H and O–H groups in total. The molecule has 0 amide bonds. The van der Waals surface area contributed by atoms with E-state index in [0.29, 0.717) is 17.6 Å². The molecule has 0 aromatic heterocycles. The first-order valence-corrected chi connectivity index (χ1v) is 6.24. The lowest BCUT2D eigenvalue weighted by Crippen LogP contribution is -2.58. The molecule has 3 unspecified atom stereocenters. The summed E-state index contributed by atoms with van der Waals surface area (Å²) in [5.41, 5.74) is 0.843. The molecule has 2 bridgehead atoms. The van der Waals surface area contributed by atoms with Crippen LogP contribution in [-0.4, -0.2) is 19.0 Å². The lowest BCUT2D eigenvalue weighted by atomic mass is 9.59. The topological polar surface area (TPSA) is 18.5 Å². The third-order valence-electron chi connectivity index (χ3n) is 5.77. The Morgan fingerprint density at radius 2 is 1.93 bits per heavy atom. The number of fused-ring (bicyclic) bond motifs is 3. The van der Waals surface area contributed by atoms with Crippen molar-refractivity contribution in [3.8, 4) is 0 Å². The van der Waals surface area contributed by atoms with Gasteiger partial charge in [-0.3, -0.25) is 0 Å². The van der Waals surface area contributed by atoms with E-state index in [2.05, 4.69) is 20.8 Å². The normalized spacial score (nSPS) is 52.6. The molecule has 1 aliphatic heterocycles. The highest BCUT2D eigenvalue weighted by molar-refractivity contribution is 5.19. The SMILES string of the molecule is CC12CCC(C1)C(C)(C)C21CCOCO1. The van der Waals surface area contributed by atoms with Crippen LogP contribution in [-0.2, 0) is 9.47 Å². The highest BCUT2D eigenvalue weighted by atomic mass is 16.7. The fourth-order valence-electron chi connectivity index (χ4n) is 4.80. The molecule has 2 saturated carbocycles. The van der Waals surface area contributed by atoms with Gasteiger partial charge in [0.15, 0.2) is 0 Å². The van der Waals surface area contributed by atoms with Crippen LogP contribution in [0.3, 0.4) is 0 Å². The summed E-state index contributed by atoms with van der Waals surface area (Å²) in [6.07, 6.45) is 5.20. The molecule has 0 aromatic rings. The van der Waals surface area contributed by atoms with Crippen molar-refractivity contribution >= 4 is 0 Å². The smallest absolute Gasteiger partial charge is 0.147 e. The van der Waals surface area contributed by atoms with Gasteiger partial charge < -0.3 is 9.47 Å². The zero-order valence-electron chi connectivity index (χ0n) is 10.1. The van der Waals surface area contributed by atoms with E-state index in [0.717, 1.165) is 18.9 Å². The summed E-state index contributed by atoms with van der Waals surface area (Å²) in [4.78, 5) is 0. The van der Waals surface area contributed by atoms with Gasteiger partial charge >= 0.3 is 0 Å². The fourth-order valence-corrected chi connectivity index (χ4v) is 4.80. The maximum atomic E-state index is 6.16. The maximum Gasteiger partial charge on any atom is 0.147 e. The Kier molecular flexibility index (Phi) is 1.87. The molecule has 1 saturated heterocycles. The van der Waals surface area contributed by atoms with E-state index in [1.807, 2.05) is 0 Å². The Balaban J connectivity index is 2.04. The molecule has 0 radical (unpaired) electrons. The van der Waals surface area contributed by atoms with E-state index < -0.39 is 0 Å². The molecule has 1 heterocycles. The van der Waals surface area contributed by atoms with Gasteiger partial charge in [-0.25, -0.2) is 0 Å². The predicted octanol–water partition coefficient (Wildman–Crippen LogP) is 2.97. The Hall–Kier alpha value is -0.0800. The van der Waals surface area contributed by atoms with Crippen LogP contribution in [0.1, 0.15) is 46.5 Å². The summed E-state index contributed by atoms with van der Waals surface area (Å²) < 4.78 is 11.5. The quantitative estimate of drug-likeness (QED) is 0.612. The molecule has 3 atom stereocenters. The van der Waals surface area contributed by atoms with Crippen molar-refractivity contribution in [3.63, 3.8) is 0 Å². The lowest BCUT2D eigenvalue weighted by Gasteiger charge is -2.55. The second-order valence-electron chi connectivity index (χ2n) is 6.47. The third-order valence-corrected chi connectivity index (χ3v) is 5.77. The number of hydrogen-bond acceptors (Lipinski definition) is 2. The molecule has 0 aromatic carbocycles. The van der Waals surface area contributed by atoms with E-state index in [1.165, 1.54) is 19.3 Å². The standard InChI is InChI=1S/C13H22O2/c1-11(2)10-4-5-12(3,8-10)13(11)6-7-14-9-15-13/h10H,4-9H2,1-3H3. The van der Waals surface area contributed by atoms with Gasteiger partial charge in [0, 0.05) is 6.42 Å². The van der Waals surface area contributed by atoms with Crippen molar-refractivity contribution in [1.29, 1.82) is 0 Å². The van der Waals surface area contributed by atoms with Crippen LogP contribution in [0.2, 0.25) is 0 Å². The first-order chi connectivity index (χ1) is 7.02. The van der Waals surface area contributed by atoms with E-state index in [1.54, 1.807) is 0 Å². The van der Waals surface area contributed by atoms with Crippen LogP contribution >= 0.6 is 0 Å². The average molecular weight is 210 g/mol. The number of ether oxygens (including phenoxy) is 2. The monoisotopic (exact) mass is 210 g/mol. The molecule has 15 heavy (non-hydrogen) atoms. The van der Waals surface area contributed by atoms with Gasteiger partial charge in [-0.2, -0.15) is 0 Å². The summed E-state index contributed by atoms with van der Waals surface area (Å²) in [6.45, 7) is 8.64. The van der Waals surface area contributed by atoms with E-state index in [4.69, 9.17) is 9.47 Å². The molecule has 1 spiro atoms. The molecule has 3 rings (SSSR count). The van der Waals surface area contributed by atoms with Gasteiger partial charge in [0.1, 0.15) is 6.79 Å². The van der Waals surface area contributed by atoms with Crippen molar-refractivity contribution in [1.82, 2.24) is 0 Å². The Morgan fingerprint density at radius 1 is 1.13 bits per heavy atom. The second-order valence-corrected chi connectivity index (χ2v) is 6.47. The number of hydrogen-bond donors (Lipinski definition) is 0. The van der Waals surface area contributed by atoms with Gasteiger partial charge in [-0.15, -0.1) is 0 Å². The Morgan fingerprint density at radius 3 is 2.47 bits per heavy atom. The molecule has 2 nitrogen and oxygen atoms in total. The van der Waals surface area contributed by atoms with Crippen molar-refractivity contribution in [2.75, 3.05) is 13.4 Å². The molecule has 2 aliphatic carbocycles. The van der Waals surface area contributed by atoms with Crippen LogP contribution in [0.4, 0.5) is 0 Å². The van der Waals surface area contributed by atoms with Crippen molar-refractivity contribution in [2.24, 2.45) is 16.7 Å². The molecule has 2 heteroatoms. The van der Waals surface area contributed by atoms with E-state index in [9.17, 15) is 0 Å². The van der Waals surface area contributed by atoms with Crippen LogP contribution in [0, 0.1) is 16.7 Å². The van der Waals surface area contributed by atoms with Crippen molar-refractivity contribution < 1.29 is 9.47 Å².